The molecule has 10 nitrogen and oxygen atoms in total. The van der Waals surface area contributed by atoms with Gasteiger partial charge in [0, 0.05) is 25.6 Å². The van der Waals surface area contributed by atoms with Gasteiger partial charge in [-0.3, -0.25) is 14.5 Å². The third kappa shape index (κ3) is 4.49. The molecule has 6 atom stereocenters. The first-order valence-electron chi connectivity index (χ1n) is 11.2. The number of carboxylic acid groups (broad SMARTS) is 2. The maximum absolute atomic E-state index is 11.8. The SMILES string of the molecule is CCCc1nnn(C2CC(C(=O)O)CN(C3CCC4CNC(C(=O)O)CC4C3)C2)n1. The summed E-state index contributed by atoms with van der Waals surface area (Å²) in [4.78, 5) is 27.2. The Morgan fingerprint density at radius 3 is 2.63 bits per heavy atom. The smallest absolute Gasteiger partial charge is 0.320 e. The molecule has 10 heteroatoms. The number of aromatic nitrogens is 4. The summed E-state index contributed by atoms with van der Waals surface area (Å²) in [6.45, 7) is 4.08. The Bertz CT molecular complexity index is 770. The van der Waals surface area contributed by atoms with Crippen LogP contribution in [0.5, 0.6) is 0 Å². The Morgan fingerprint density at radius 2 is 1.90 bits per heavy atom. The van der Waals surface area contributed by atoms with Crippen LogP contribution in [-0.2, 0) is 16.0 Å². The van der Waals surface area contributed by atoms with Gasteiger partial charge in [-0.25, -0.2) is 0 Å². The summed E-state index contributed by atoms with van der Waals surface area (Å²) in [6.07, 6.45) is 5.88. The monoisotopic (exact) mass is 420 g/mol. The fourth-order valence-corrected chi connectivity index (χ4v) is 5.54. The fraction of sp³-hybridized carbons (Fsp3) is 0.850. The number of fused-ring (bicyclic) bond motifs is 1. The number of tetrazole rings is 1. The minimum Gasteiger partial charge on any atom is -0.481 e. The van der Waals surface area contributed by atoms with Crippen LogP contribution < -0.4 is 5.32 Å². The Labute approximate surface area is 176 Å². The molecule has 0 bridgehead atoms. The van der Waals surface area contributed by atoms with Crippen LogP contribution in [0.2, 0.25) is 0 Å². The second kappa shape index (κ2) is 8.97. The second-order valence-corrected chi connectivity index (χ2v) is 9.18. The molecule has 1 aromatic rings. The molecule has 3 aliphatic rings. The molecule has 1 aliphatic carbocycles. The molecular weight excluding hydrogens is 388 g/mol. The van der Waals surface area contributed by atoms with E-state index in [-0.39, 0.29) is 12.1 Å². The van der Waals surface area contributed by atoms with Gasteiger partial charge in [-0.15, -0.1) is 10.2 Å². The van der Waals surface area contributed by atoms with Gasteiger partial charge in [0.25, 0.3) is 0 Å². The Kier molecular flexibility index (Phi) is 6.33. The van der Waals surface area contributed by atoms with Crippen molar-refractivity contribution in [3.8, 4) is 0 Å². The highest BCUT2D eigenvalue weighted by Crippen LogP contribution is 2.39. The van der Waals surface area contributed by atoms with Gasteiger partial charge in [0.05, 0.1) is 12.0 Å². The van der Waals surface area contributed by atoms with Gasteiger partial charge in [0.1, 0.15) is 6.04 Å². The third-order valence-electron chi connectivity index (χ3n) is 7.17. The standard InChI is InChI=1S/C20H32N6O4/c1-2-3-18-22-24-26(23-18)16-7-14(19(27)28)10-25(11-16)15-5-4-12-9-21-17(20(29)30)8-13(12)6-15/h12-17,21H,2-11H2,1H3,(H,27,28)(H,29,30). The lowest BCUT2D eigenvalue weighted by atomic mass is 9.71. The molecule has 0 aromatic carbocycles. The van der Waals surface area contributed by atoms with Gasteiger partial charge in [0.15, 0.2) is 5.82 Å². The predicted molar refractivity (Wildman–Crippen MR) is 107 cm³/mol. The van der Waals surface area contributed by atoms with Gasteiger partial charge in [0.2, 0.25) is 0 Å². The first kappa shape index (κ1) is 21.2. The zero-order valence-corrected chi connectivity index (χ0v) is 17.5. The number of rotatable bonds is 6. The fourth-order valence-electron chi connectivity index (χ4n) is 5.54. The number of aliphatic carboxylic acids is 2. The largest absolute Gasteiger partial charge is 0.481 e. The number of carbonyl (C=O) groups is 2. The quantitative estimate of drug-likeness (QED) is 0.611. The van der Waals surface area contributed by atoms with Crippen LogP contribution in [0.25, 0.3) is 0 Å². The summed E-state index contributed by atoms with van der Waals surface area (Å²) in [5.41, 5.74) is 0. The van der Waals surface area contributed by atoms with E-state index >= 15 is 0 Å². The zero-order chi connectivity index (χ0) is 21.3. The van der Waals surface area contributed by atoms with E-state index in [0.29, 0.717) is 43.6 Å². The number of likely N-dealkylation sites (tertiary alicyclic amines) is 1. The summed E-state index contributed by atoms with van der Waals surface area (Å²) in [6, 6.07) is -0.292. The molecule has 3 heterocycles. The van der Waals surface area contributed by atoms with Gasteiger partial charge in [-0.05, 0) is 62.1 Å². The van der Waals surface area contributed by atoms with Crippen molar-refractivity contribution in [3.05, 3.63) is 5.82 Å². The molecule has 0 spiro atoms. The number of nitrogens with one attached hydrogen (secondary N) is 1. The van der Waals surface area contributed by atoms with Gasteiger partial charge < -0.3 is 15.5 Å². The molecule has 4 rings (SSSR count). The van der Waals surface area contributed by atoms with Crippen molar-refractivity contribution in [2.45, 2.75) is 70.0 Å². The van der Waals surface area contributed by atoms with Crippen molar-refractivity contribution in [1.82, 2.24) is 30.4 Å². The van der Waals surface area contributed by atoms with E-state index in [0.717, 1.165) is 38.6 Å². The average molecular weight is 421 g/mol. The number of piperidine rings is 2. The van der Waals surface area contributed by atoms with Crippen LogP contribution in [-0.4, -0.2) is 79.0 Å². The third-order valence-corrected chi connectivity index (χ3v) is 7.17. The van der Waals surface area contributed by atoms with Crippen LogP contribution in [0.3, 0.4) is 0 Å². The highest BCUT2D eigenvalue weighted by atomic mass is 16.4. The normalized spacial score (nSPS) is 35.0. The lowest BCUT2D eigenvalue weighted by Gasteiger charge is -2.47. The van der Waals surface area contributed by atoms with Crippen molar-refractivity contribution in [2.24, 2.45) is 17.8 Å². The van der Waals surface area contributed by atoms with Crippen LogP contribution in [0.15, 0.2) is 0 Å². The van der Waals surface area contributed by atoms with E-state index in [2.05, 4.69) is 32.6 Å². The molecule has 166 valence electrons. The Hall–Kier alpha value is -2.07. The lowest BCUT2D eigenvalue weighted by molar-refractivity contribution is -0.146. The van der Waals surface area contributed by atoms with E-state index in [9.17, 15) is 19.8 Å². The van der Waals surface area contributed by atoms with E-state index in [4.69, 9.17) is 0 Å². The van der Waals surface area contributed by atoms with Crippen molar-refractivity contribution < 1.29 is 19.8 Å². The first-order valence-corrected chi connectivity index (χ1v) is 11.2. The molecule has 3 N–H and O–H groups in total. The number of aryl methyl sites for hydroxylation is 1. The number of carboxylic acids is 2. The highest BCUT2D eigenvalue weighted by molar-refractivity contribution is 5.73. The summed E-state index contributed by atoms with van der Waals surface area (Å²) < 4.78 is 0. The van der Waals surface area contributed by atoms with E-state index in [1.54, 1.807) is 4.80 Å². The van der Waals surface area contributed by atoms with Crippen molar-refractivity contribution in [2.75, 3.05) is 19.6 Å². The summed E-state index contributed by atoms with van der Waals surface area (Å²) >= 11 is 0. The van der Waals surface area contributed by atoms with Gasteiger partial charge >= 0.3 is 11.9 Å². The summed E-state index contributed by atoms with van der Waals surface area (Å²) in [7, 11) is 0. The highest BCUT2D eigenvalue weighted by Gasteiger charge is 2.42. The summed E-state index contributed by atoms with van der Waals surface area (Å²) in [5.74, 6) is -0.421. The molecule has 1 aromatic heterocycles. The maximum Gasteiger partial charge on any atom is 0.320 e. The zero-order valence-electron chi connectivity index (χ0n) is 17.5. The molecule has 30 heavy (non-hydrogen) atoms. The van der Waals surface area contributed by atoms with Crippen LogP contribution in [0, 0.1) is 17.8 Å². The van der Waals surface area contributed by atoms with Crippen molar-refractivity contribution in [1.29, 1.82) is 0 Å². The summed E-state index contributed by atoms with van der Waals surface area (Å²) in [5, 5.41) is 35.1. The number of hydrogen-bond donors (Lipinski definition) is 3. The van der Waals surface area contributed by atoms with E-state index < -0.39 is 23.9 Å². The number of hydrogen-bond acceptors (Lipinski definition) is 7. The minimum absolute atomic E-state index is 0.101. The molecule has 2 aliphatic heterocycles. The molecule has 0 radical (unpaired) electrons. The second-order valence-electron chi connectivity index (χ2n) is 9.18. The molecular formula is C20H32N6O4. The Balaban J connectivity index is 1.46. The molecule has 1 saturated carbocycles. The van der Waals surface area contributed by atoms with Crippen molar-refractivity contribution >= 4 is 11.9 Å². The predicted octanol–water partition coefficient (Wildman–Crippen LogP) is 0.805. The van der Waals surface area contributed by atoms with Crippen LogP contribution >= 0.6 is 0 Å². The van der Waals surface area contributed by atoms with E-state index in [1.165, 1.54) is 0 Å². The molecule has 0 amide bonds. The lowest BCUT2D eigenvalue weighted by Crippen LogP contribution is -2.54. The van der Waals surface area contributed by atoms with Crippen LogP contribution in [0.4, 0.5) is 0 Å². The van der Waals surface area contributed by atoms with Crippen LogP contribution in [0.1, 0.15) is 57.3 Å². The molecule has 2 saturated heterocycles. The average Bonchev–Trinajstić information content (AvgIpc) is 3.21. The number of nitrogens with zero attached hydrogens (tertiary/aromatic N) is 5. The van der Waals surface area contributed by atoms with Gasteiger partial charge in [-0.1, -0.05) is 6.92 Å². The minimum atomic E-state index is -0.778. The first-order chi connectivity index (χ1) is 14.4. The topological polar surface area (TPSA) is 133 Å². The van der Waals surface area contributed by atoms with Crippen molar-refractivity contribution in [3.63, 3.8) is 0 Å². The Morgan fingerprint density at radius 1 is 1.07 bits per heavy atom. The van der Waals surface area contributed by atoms with E-state index in [1.807, 2.05) is 0 Å². The molecule has 3 fully saturated rings. The maximum atomic E-state index is 11.8. The van der Waals surface area contributed by atoms with Gasteiger partial charge in [-0.2, -0.15) is 4.80 Å². The molecule has 6 unspecified atom stereocenters.